The van der Waals surface area contributed by atoms with Crippen LogP contribution in [0.3, 0.4) is 0 Å². The molecule has 1 aromatic carbocycles. The van der Waals surface area contributed by atoms with E-state index >= 15 is 0 Å². The quantitative estimate of drug-likeness (QED) is 0.679. The molecule has 0 spiro atoms. The summed E-state index contributed by atoms with van der Waals surface area (Å²) in [6.07, 6.45) is -8.68. The Morgan fingerprint density at radius 1 is 1.04 bits per heavy atom. The Labute approximate surface area is 151 Å². The Morgan fingerprint density at radius 2 is 1.62 bits per heavy atom. The lowest BCUT2D eigenvalue weighted by Crippen LogP contribution is -2.38. The highest BCUT2D eigenvalue weighted by atomic mass is 32.2. The van der Waals surface area contributed by atoms with E-state index in [-0.39, 0.29) is 30.8 Å². The third-order valence-corrected chi connectivity index (χ3v) is 6.14. The first-order chi connectivity index (χ1) is 11.9. The van der Waals surface area contributed by atoms with Gasteiger partial charge in [-0.2, -0.15) is 26.3 Å². The van der Waals surface area contributed by atoms with Crippen LogP contribution >= 0.6 is 0 Å². The summed E-state index contributed by atoms with van der Waals surface area (Å²) in [6, 6.07) is 3.18. The maximum absolute atomic E-state index is 12.7. The fraction of sp³-hybridized carbons (Fsp3) is 0.647. The van der Waals surface area contributed by atoms with Crippen LogP contribution in [0.25, 0.3) is 0 Å². The monoisotopic (exact) mass is 401 g/mol. The zero-order valence-electron chi connectivity index (χ0n) is 14.5. The van der Waals surface area contributed by atoms with E-state index in [2.05, 4.69) is 0 Å². The molecule has 1 aromatic rings. The predicted octanol–water partition coefficient (Wildman–Crippen LogP) is 4.75. The van der Waals surface area contributed by atoms with Gasteiger partial charge in [0.2, 0.25) is 0 Å². The number of hydrogen-bond acceptors (Lipinski definition) is 2. The minimum atomic E-state index is -4.53. The van der Waals surface area contributed by atoms with E-state index in [1.54, 1.807) is 19.9 Å². The van der Waals surface area contributed by atoms with Crippen molar-refractivity contribution in [2.75, 3.05) is 18.8 Å². The van der Waals surface area contributed by atoms with Gasteiger partial charge < -0.3 is 0 Å². The van der Waals surface area contributed by atoms with Gasteiger partial charge in [0.1, 0.15) is 5.75 Å². The molecule has 0 amide bonds. The van der Waals surface area contributed by atoms with E-state index in [4.69, 9.17) is 0 Å². The fourth-order valence-corrected chi connectivity index (χ4v) is 4.32. The largest absolute Gasteiger partial charge is 0.400 e. The highest BCUT2D eigenvalue weighted by Gasteiger charge is 2.41. The van der Waals surface area contributed by atoms with E-state index in [0.717, 1.165) is 5.56 Å². The van der Waals surface area contributed by atoms with Crippen LogP contribution in [-0.4, -0.2) is 40.3 Å². The van der Waals surface area contributed by atoms with Gasteiger partial charge in [0.05, 0.1) is 16.7 Å². The lowest BCUT2D eigenvalue weighted by atomic mass is 9.95. The minimum absolute atomic E-state index is 0.0151. The molecule has 0 radical (unpaired) electrons. The van der Waals surface area contributed by atoms with Crippen LogP contribution in [0.4, 0.5) is 26.3 Å². The first kappa shape index (κ1) is 21.2. The van der Waals surface area contributed by atoms with Crippen LogP contribution < -0.4 is 0 Å². The lowest BCUT2D eigenvalue weighted by molar-refractivity contribution is -0.185. The molecule has 2 nitrogen and oxygen atoms in total. The molecular formula is C17H21F6NOS. The van der Waals surface area contributed by atoms with Gasteiger partial charge in [0, 0.05) is 11.4 Å². The van der Waals surface area contributed by atoms with E-state index in [1.807, 2.05) is 4.90 Å². The number of aryl methyl sites for hydroxylation is 2. The first-order valence-electron chi connectivity index (χ1n) is 8.21. The summed E-state index contributed by atoms with van der Waals surface area (Å²) in [4.78, 5) is 1.99. The van der Waals surface area contributed by atoms with Crippen molar-refractivity contribution in [2.24, 2.45) is 5.92 Å². The molecule has 9 heteroatoms. The number of nitrogens with zero attached hydrogens (tertiary/aromatic N) is 1. The van der Waals surface area contributed by atoms with Gasteiger partial charge >= 0.3 is 12.4 Å². The molecule has 1 aliphatic rings. The van der Waals surface area contributed by atoms with Gasteiger partial charge in [0.25, 0.3) is 0 Å². The van der Waals surface area contributed by atoms with Crippen molar-refractivity contribution in [3.8, 4) is 0 Å². The van der Waals surface area contributed by atoms with Crippen LogP contribution in [0.1, 0.15) is 29.5 Å². The fourth-order valence-electron chi connectivity index (χ4n) is 3.18. The zero-order chi connectivity index (χ0) is 19.7. The zero-order valence-corrected chi connectivity index (χ0v) is 15.3. The Bertz CT molecular complexity index is 662. The maximum atomic E-state index is 12.7. The summed E-state index contributed by atoms with van der Waals surface area (Å²) < 4.78 is 87.8. The number of benzene rings is 1. The minimum Gasteiger partial charge on any atom is -0.299 e. The molecule has 0 saturated carbocycles. The average molecular weight is 401 g/mol. The molecule has 26 heavy (non-hydrogen) atoms. The van der Waals surface area contributed by atoms with Crippen LogP contribution in [0.5, 0.6) is 0 Å². The van der Waals surface area contributed by atoms with Crippen LogP contribution in [0, 0.1) is 19.8 Å². The molecule has 148 valence electrons. The van der Waals surface area contributed by atoms with Gasteiger partial charge in [-0.05, 0) is 62.5 Å². The van der Waals surface area contributed by atoms with Gasteiger partial charge in [-0.25, -0.2) is 0 Å². The summed E-state index contributed by atoms with van der Waals surface area (Å²) in [5.41, 5.74) is 2.05. The first-order valence-corrected chi connectivity index (χ1v) is 9.53. The summed E-state index contributed by atoms with van der Waals surface area (Å²) in [7, 11) is -2.20. The topological polar surface area (TPSA) is 20.3 Å². The van der Waals surface area contributed by atoms with Crippen molar-refractivity contribution < 1.29 is 30.6 Å². The second-order valence-corrected chi connectivity index (χ2v) is 8.16. The summed E-state index contributed by atoms with van der Waals surface area (Å²) in [5, 5.41) is 0. The number of halogens is 6. The smallest absolute Gasteiger partial charge is 0.299 e. The molecule has 1 heterocycles. The lowest BCUT2D eigenvalue weighted by Gasteiger charge is -2.33. The molecule has 0 bridgehead atoms. The van der Waals surface area contributed by atoms with E-state index in [1.165, 1.54) is 6.07 Å². The van der Waals surface area contributed by atoms with Gasteiger partial charge in [-0.15, -0.1) is 0 Å². The molecule has 2 rings (SSSR count). The molecule has 0 N–H and O–H groups in total. The third-order valence-electron chi connectivity index (χ3n) is 4.62. The van der Waals surface area contributed by atoms with Gasteiger partial charge in [-0.3, -0.25) is 9.11 Å². The maximum Gasteiger partial charge on any atom is 0.400 e. The molecule has 1 fully saturated rings. The van der Waals surface area contributed by atoms with Crippen molar-refractivity contribution in [3.63, 3.8) is 0 Å². The summed E-state index contributed by atoms with van der Waals surface area (Å²) >= 11 is 0. The highest BCUT2D eigenvalue weighted by molar-refractivity contribution is 7.85. The normalized spacial score (nSPS) is 18.9. The molecule has 0 aromatic heterocycles. The summed E-state index contributed by atoms with van der Waals surface area (Å²) in [5.74, 6) is -2.71. The van der Waals surface area contributed by atoms with Crippen molar-refractivity contribution in [3.05, 3.63) is 28.8 Å². The number of likely N-dealkylation sites (tertiary alicyclic amines) is 1. The Balaban J connectivity index is 2.11. The molecule has 1 aliphatic heterocycles. The predicted molar refractivity (Wildman–Crippen MR) is 87.3 cm³/mol. The second kappa shape index (κ2) is 7.88. The van der Waals surface area contributed by atoms with E-state index in [9.17, 15) is 30.6 Å². The summed E-state index contributed by atoms with van der Waals surface area (Å²) in [6.45, 7) is 4.29. The van der Waals surface area contributed by atoms with Crippen LogP contribution in [-0.2, 0) is 17.3 Å². The van der Waals surface area contributed by atoms with Crippen molar-refractivity contribution in [1.29, 1.82) is 0 Å². The van der Waals surface area contributed by atoms with Crippen molar-refractivity contribution in [1.82, 2.24) is 4.90 Å². The molecule has 1 saturated heterocycles. The average Bonchev–Trinajstić information content (AvgIpc) is 2.47. The molecular weight excluding hydrogens is 380 g/mol. The van der Waals surface area contributed by atoms with Crippen molar-refractivity contribution in [2.45, 2.75) is 50.5 Å². The molecule has 1 atom stereocenters. The van der Waals surface area contributed by atoms with Gasteiger partial charge in [-0.1, -0.05) is 6.07 Å². The van der Waals surface area contributed by atoms with Crippen molar-refractivity contribution >= 4 is 10.8 Å². The van der Waals surface area contributed by atoms with Crippen LogP contribution in [0.15, 0.2) is 17.0 Å². The number of piperidine rings is 1. The standard InChI is InChI=1S/C17H21F6NOS/c1-11-7-12(2)15(26(25)10-16(18,19)20)8-13(11)9-24-5-3-14(4-6-24)17(21,22)23/h7-8,14H,3-6,9-10H2,1-2H3. The molecule has 0 aliphatic carbocycles. The van der Waals surface area contributed by atoms with E-state index in [0.29, 0.717) is 17.7 Å². The second-order valence-electron chi connectivity index (χ2n) is 6.74. The Hall–Kier alpha value is -1.09. The number of hydrogen-bond donors (Lipinski definition) is 0. The van der Waals surface area contributed by atoms with Gasteiger partial charge in [0.15, 0.2) is 0 Å². The molecule has 1 unspecified atom stereocenters. The SMILES string of the molecule is Cc1cc(C)c(S(=O)CC(F)(F)F)cc1CN1CCC(C(F)(F)F)CC1. The van der Waals surface area contributed by atoms with E-state index < -0.39 is 34.8 Å². The van der Waals surface area contributed by atoms with Crippen LogP contribution in [0.2, 0.25) is 0 Å². The Kier molecular flexibility index (Phi) is 6.43. The number of rotatable bonds is 4. The third kappa shape index (κ3) is 5.70. The highest BCUT2D eigenvalue weighted by Crippen LogP contribution is 2.34. The Morgan fingerprint density at radius 3 is 2.12 bits per heavy atom. The number of alkyl halides is 6.